The molecule has 0 radical (unpaired) electrons. The minimum atomic E-state index is -1.02. The molecule has 0 fully saturated rings. The van der Waals surface area contributed by atoms with Crippen LogP contribution >= 0.6 is 0 Å². The summed E-state index contributed by atoms with van der Waals surface area (Å²) in [4.78, 5) is 16.1. The number of nitrogens with zero attached hydrogens (tertiary/aromatic N) is 1. The number of hydrogen-bond donors (Lipinski definition) is 1. The van der Waals surface area contributed by atoms with Gasteiger partial charge in [-0.2, -0.15) is 0 Å². The number of rotatable bonds is 4. The van der Waals surface area contributed by atoms with E-state index in [2.05, 4.69) is 4.98 Å². The van der Waals surface area contributed by atoms with E-state index in [1.54, 1.807) is 31.4 Å². The Morgan fingerprint density at radius 2 is 1.74 bits per heavy atom. The first-order valence-corrected chi connectivity index (χ1v) is 6.99. The van der Waals surface area contributed by atoms with Crippen LogP contribution in [-0.2, 0) is 0 Å². The summed E-state index contributed by atoms with van der Waals surface area (Å²) in [5.41, 5.74) is 1.95. The van der Waals surface area contributed by atoms with Crippen LogP contribution in [0.5, 0.6) is 11.5 Å². The van der Waals surface area contributed by atoms with Crippen molar-refractivity contribution in [1.29, 1.82) is 0 Å². The maximum atomic E-state index is 11.6. The topological polar surface area (TPSA) is 68.7 Å². The second-order valence-electron chi connectivity index (χ2n) is 4.95. The third-order valence-corrected chi connectivity index (χ3v) is 3.61. The summed E-state index contributed by atoms with van der Waals surface area (Å²) in [5.74, 6) is 0.0817. The third kappa shape index (κ3) is 2.68. The van der Waals surface area contributed by atoms with Gasteiger partial charge in [-0.1, -0.05) is 18.2 Å². The number of carbonyl (C=O) groups is 1. The van der Waals surface area contributed by atoms with Gasteiger partial charge in [-0.15, -0.1) is 0 Å². The van der Waals surface area contributed by atoms with E-state index in [0.29, 0.717) is 22.8 Å². The molecule has 1 aromatic heterocycles. The number of carboxylic acid groups (broad SMARTS) is 1. The van der Waals surface area contributed by atoms with Crippen molar-refractivity contribution in [3.8, 4) is 22.8 Å². The molecule has 5 heteroatoms. The van der Waals surface area contributed by atoms with E-state index in [4.69, 9.17) is 9.47 Å². The number of pyridine rings is 1. The quantitative estimate of drug-likeness (QED) is 0.797. The molecule has 0 unspecified atom stereocenters. The normalized spacial score (nSPS) is 10.5. The Hall–Kier alpha value is -3.08. The molecule has 0 saturated heterocycles. The molecule has 0 saturated carbocycles. The molecule has 3 aromatic rings. The van der Waals surface area contributed by atoms with Crippen LogP contribution in [0.4, 0.5) is 0 Å². The summed E-state index contributed by atoms with van der Waals surface area (Å²) in [6, 6.07) is 14.3. The molecule has 0 aliphatic carbocycles. The molecule has 1 N–H and O–H groups in total. The van der Waals surface area contributed by atoms with Crippen LogP contribution in [0.15, 0.2) is 48.5 Å². The van der Waals surface area contributed by atoms with Crippen molar-refractivity contribution in [2.75, 3.05) is 14.2 Å². The summed E-state index contributed by atoms with van der Waals surface area (Å²) >= 11 is 0. The maximum Gasteiger partial charge on any atom is 0.337 e. The standard InChI is InChI=1S/C18H15NO4/c1-22-15-8-7-12(10-16(15)23-2)17-13(18(20)21)9-11-5-3-4-6-14(11)19-17/h3-10H,1-2H3,(H,20,21). The van der Waals surface area contributed by atoms with Crippen molar-refractivity contribution < 1.29 is 19.4 Å². The number of ether oxygens (including phenoxy) is 2. The van der Waals surface area contributed by atoms with Crippen molar-refractivity contribution in [3.63, 3.8) is 0 Å². The molecular formula is C18H15NO4. The molecule has 0 amide bonds. The van der Waals surface area contributed by atoms with Crippen LogP contribution in [0.2, 0.25) is 0 Å². The SMILES string of the molecule is COc1ccc(-c2nc3ccccc3cc2C(=O)O)cc1OC. The zero-order chi connectivity index (χ0) is 16.4. The number of para-hydroxylation sites is 1. The molecule has 0 aliphatic heterocycles. The molecule has 0 atom stereocenters. The van der Waals surface area contributed by atoms with Crippen molar-refractivity contribution in [2.45, 2.75) is 0 Å². The van der Waals surface area contributed by atoms with E-state index in [1.165, 1.54) is 7.11 Å². The van der Waals surface area contributed by atoms with Crippen molar-refractivity contribution >= 4 is 16.9 Å². The van der Waals surface area contributed by atoms with E-state index >= 15 is 0 Å². The predicted molar refractivity (Wildman–Crippen MR) is 87.2 cm³/mol. The summed E-state index contributed by atoms with van der Waals surface area (Å²) in [6.07, 6.45) is 0. The molecule has 0 spiro atoms. The molecule has 3 rings (SSSR count). The lowest BCUT2D eigenvalue weighted by molar-refractivity contribution is 0.0697. The van der Waals surface area contributed by atoms with Crippen LogP contribution in [0.25, 0.3) is 22.2 Å². The Morgan fingerprint density at radius 1 is 1.00 bits per heavy atom. The Bertz CT molecular complexity index is 889. The lowest BCUT2D eigenvalue weighted by Gasteiger charge is -2.11. The Morgan fingerprint density at radius 3 is 2.43 bits per heavy atom. The van der Waals surface area contributed by atoms with Crippen LogP contribution in [0, 0.1) is 0 Å². The number of benzene rings is 2. The average Bonchev–Trinajstić information content (AvgIpc) is 2.59. The van der Waals surface area contributed by atoms with Gasteiger partial charge in [-0.3, -0.25) is 0 Å². The number of fused-ring (bicyclic) bond motifs is 1. The van der Waals surface area contributed by atoms with Gasteiger partial charge in [0.15, 0.2) is 11.5 Å². The fourth-order valence-corrected chi connectivity index (χ4v) is 2.48. The van der Waals surface area contributed by atoms with Gasteiger partial charge in [-0.05, 0) is 30.3 Å². The molecule has 116 valence electrons. The van der Waals surface area contributed by atoms with Crippen LogP contribution < -0.4 is 9.47 Å². The lowest BCUT2D eigenvalue weighted by Crippen LogP contribution is -2.02. The summed E-state index contributed by atoms with van der Waals surface area (Å²) in [5, 5.41) is 10.3. The van der Waals surface area contributed by atoms with Crippen molar-refractivity contribution in [1.82, 2.24) is 4.98 Å². The molecule has 1 heterocycles. The van der Waals surface area contributed by atoms with Gasteiger partial charge in [0.25, 0.3) is 0 Å². The van der Waals surface area contributed by atoms with E-state index < -0.39 is 5.97 Å². The van der Waals surface area contributed by atoms with E-state index in [0.717, 1.165) is 10.9 Å². The summed E-state index contributed by atoms with van der Waals surface area (Å²) in [6.45, 7) is 0. The smallest absolute Gasteiger partial charge is 0.337 e. The fourth-order valence-electron chi connectivity index (χ4n) is 2.48. The summed E-state index contributed by atoms with van der Waals surface area (Å²) in [7, 11) is 3.09. The number of carboxylic acids is 1. The molecule has 2 aromatic carbocycles. The number of hydrogen-bond acceptors (Lipinski definition) is 4. The minimum absolute atomic E-state index is 0.149. The van der Waals surface area contributed by atoms with E-state index in [9.17, 15) is 9.90 Å². The predicted octanol–water partition coefficient (Wildman–Crippen LogP) is 3.62. The van der Waals surface area contributed by atoms with Crippen molar-refractivity contribution in [2.24, 2.45) is 0 Å². The third-order valence-electron chi connectivity index (χ3n) is 3.61. The monoisotopic (exact) mass is 309 g/mol. The van der Waals surface area contributed by atoms with Gasteiger partial charge >= 0.3 is 5.97 Å². The van der Waals surface area contributed by atoms with Crippen molar-refractivity contribution in [3.05, 3.63) is 54.1 Å². The number of aromatic nitrogens is 1. The first-order chi connectivity index (χ1) is 11.1. The van der Waals surface area contributed by atoms with Gasteiger partial charge in [0.2, 0.25) is 0 Å². The van der Waals surface area contributed by atoms with Gasteiger partial charge < -0.3 is 14.6 Å². The van der Waals surface area contributed by atoms with Crippen LogP contribution in [0.3, 0.4) is 0 Å². The first-order valence-electron chi connectivity index (χ1n) is 6.99. The maximum absolute atomic E-state index is 11.6. The number of methoxy groups -OCH3 is 2. The second kappa shape index (κ2) is 5.96. The fraction of sp³-hybridized carbons (Fsp3) is 0.111. The zero-order valence-electron chi connectivity index (χ0n) is 12.7. The first kappa shape index (κ1) is 14.8. The van der Waals surface area contributed by atoms with Gasteiger partial charge in [-0.25, -0.2) is 9.78 Å². The highest BCUT2D eigenvalue weighted by atomic mass is 16.5. The van der Waals surface area contributed by atoms with Crippen LogP contribution in [-0.4, -0.2) is 30.3 Å². The second-order valence-corrected chi connectivity index (χ2v) is 4.95. The average molecular weight is 309 g/mol. The van der Waals surface area contributed by atoms with Gasteiger partial charge in [0.1, 0.15) is 0 Å². The minimum Gasteiger partial charge on any atom is -0.493 e. The van der Waals surface area contributed by atoms with Gasteiger partial charge in [0, 0.05) is 10.9 Å². The Kier molecular flexibility index (Phi) is 3.85. The summed E-state index contributed by atoms with van der Waals surface area (Å²) < 4.78 is 10.5. The molecule has 0 aliphatic rings. The molecule has 5 nitrogen and oxygen atoms in total. The van der Waals surface area contributed by atoms with E-state index in [1.807, 2.05) is 24.3 Å². The Labute approximate surface area is 133 Å². The molecule has 23 heavy (non-hydrogen) atoms. The van der Waals surface area contributed by atoms with Crippen LogP contribution in [0.1, 0.15) is 10.4 Å². The van der Waals surface area contributed by atoms with E-state index in [-0.39, 0.29) is 5.56 Å². The Balaban J connectivity index is 2.25. The van der Waals surface area contributed by atoms with Gasteiger partial charge in [0.05, 0.1) is 31.0 Å². The number of aromatic carboxylic acids is 1. The molecule has 0 bridgehead atoms. The molecular weight excluding hydrogens is 294 g/mol. The largest absolute Gasteiger partial charge is 0.493 e. The lowest BCUT2D eigenvalue weighted by atomic mass is 10.0. The zero-order valence-corrected chi connectivity index (χ0v) is 12.7. The highest BCUT2D eigenvalue weighted by Crippen LogP contribution is 2.33. The highest BCUT2D eigenvalue weighted by molar-refractivity contribution is 5.99. The highest BCUT2D eigenvalue weighted by Gasteiger charge is 2.16.